The van der Waals surface area contributed by atoms with Crippen LogP contribution in [0.2, 0.25) is 15.1 Å². The summed E-state index contributed by atoms with van der Waals surface area (Å²) in [5.41, 5.74) is 0.222. The standard InChI is InChI=1S/C18H15ClFNO3.C14H9Cl2NO5/c1-3-10(2)24-16-9-15(14(20)8-13(16)19)21-17(22)11-6-4-5-7-12(11)18(21)23;1-21-14(18)10-7-9(3-4-12(10)17(19)20)22-13-5-2-8(15)6-11(13)16/h1,8-10H,4-7H2,2H3;2-7H,1H3. The van der Waals surface area contributed by atoms with Crippen LogP contribution in [0.3, 0.4) is 0 Å². The predicted molar refractivity (Wildman–Crippen MR) is 169 cm³/mol. The van der Waals surface area contributed by atoms with Crippen molar-refractivity contribution in [3.05, 3.63) is 96.2 Å². The van der Waals surface area contributed by atoms with Crippen LogP contribution in [-0.2, 0) is 14.3 Å². The van der Waals surface area contributed by atoms with Crippen molar-refractivity contribution in [1.29, 1.82) is 0 Å². The number of terminal acetylenes is 1. The second-order valence-corrected chi connectivity index (χ2v) is 11.1. The number of carbonyl (C=O) groups is 3. The number of rotatable bonds is 7. The summed E-state index contributed by atoms with van der Waals surface area (Å²) in [6, 6.07) is 10.6. The van der Waals surface area contributed by atoms with Gasteiger partial charge in [-0.2, -0.15) is 0 Å². The number of carbonyl (C=O) groups excluding carboxylic acids is 3. The highest BCUT2D eigenvalue weighted by Crippen LogP contribution is 2.40. The van der Waals surface area contributed by atoms with Crippen molar-refractivity contribution in [3.63, 3.8) is 0 Å². The van der Waals surface area contributed by atoms with Gasteiger partial charge in [0.25, 0.3) is 17.5 Å². The number of nitro benzene ring substituents is 1. The highest BCUT2D eigenvalue weighted by Gasteiger charge is 2.41. The molecule has 0 N–H and O–H groups in total. The van der Waals surface area contributed by atoms with Crippen LogP contribution in [0.5, 0.6) is 17.2 Å². The molecule has 5 rings (SSSR count). The summed E-state index contributed by atoms with van der Waals surface area (Å²) in [6.45, 7) is 1.63. The van der Waals surface area contributed by atoms with E-state index in [4.69, 9.17) is 50.7 Å². The highest BCUT2D eigenvalue weighted by molar-refractivity contribution is 6.36. The van der Waals surface area contributed by atoms with E-state index in [-0.39, 0.29) is 38.5 Å². The van der Waals surface area contributed by atoms with E-state index < -0.39 is 34.6 Å². The van der Waals surface area contributed by atoms with E-state index in [1.54, 1.807) is 19.1 Å². The van der Waals surface area contributed by atoms with Crippen molar-refractivity contribution in [2.24, 2.45) is 0 Å². The van der Waals surface area contributed by atoms with Crippen LogP contribution in [-0.4, -0.2) is 35.9 Å². The molecule has 14 heteroatoms. The maximum atomic E-state index is 14.4. The first-order valence-electron chi connectivity index (χ1n) is 13.6. The van der Waals surface area contributed by atoms with E-state index in [2.05, 4.69) is 10.7 Å². The van der Waals surface area contributed by atoms with Crippen LogP contribution < -0.4 is 14.4 Å². The van der Waals surface area contributed by atoms with Gasteiger partial charge in [0.15, 0.2) is 6.10 Å². The van der Waals surface area contributed by atoms with Crippen LogP contribution in [0.1, 0.15) is 43.0 Å². The summed E-state index contributed by atoms with van der Waals surface area (Å²) in [5, 5.41) is 11.7. The van der Waals surface area contributed by atoms with Crippen LogP contribution in [0.15, 0.2) is 59.7 Å². The fraction of sp³-hybridized carbons (Fsp3) is 0.219. The number of nitrogens with zero attached hydrogens (tertiary/aromatic N) is 2. The Labute approximate surface area is 277 Å². The third-order valence-corrected chi connectivity index (χ3v) is 7.69. The van der Waals surface area contributed by atoms with Gasteiger partial charge in [-0.05, 0) is 62.9 Å². The van der Waals surface area contributed by atoms with Crippen molar-refractivity contribution < 1.29 is 37.9 Å². The molecule has 3 aromatic carbocycles. The number of methoxy groups -OCH3 is 1. The van der Waals surface area contributed by atoms with Crippen LogP contribution in [0.4, 0.5) is 15.8 Å². The quantitative estimate of drug-likeness (QED) is 0.0801. The molecule has 1 aliphatic heterocycles. The number of amides is 2. The Balaban J connectivity index is 0.000000210. The second-order valence-electron chi connectivity index (χ2n) is 9.88. The van der Waals surface area contributed by atoms with Gasteiger partial charge in [0.1, 0.15) is 28.6 Å². The lowest BCUT2D eigenvalue weighted by Crippen LogP contribution is -2.32. The van der Waals surface area contributed by atoms with Gasteiger partial charge < -0.3 is 14.2 Å². The lowest BCUT2D eigenvalue weighted by Gasteiger charge is -2.19. The minimum absolute atomic E-state index is 0.0233. The number of nitro groups is 1. The van der Waals surface area contributed by atoms with E-state index in [1.165, 1.54) is 24.3 Å². The highest BCUT2D eigenvalue weighted by atomic mass is 35.5. The molecule has 0 aromatic heterocycles. The number of halogens is 4. The second kappa shape index (κ2) is 14.6. The monoisotopic (exact) mass is 688 g/mol. The zero-order valence-electron chi connectivity index (χ0n) is 24.3. The summed E-state index contributed by atoms with van der Waals surface area (Å²) >= 11 is 17.7. The Morgan fingerprint density at radius 2 is 1.63 bits per heavy atom. The first kappa shape index (κ1) is 34.2. The first-order valence-corrected chi connectivity index (χ1v) is 14.7. The molecule has 1 heterocycles. The van der Waals surface area contributed by atoms with E-state index in [0.29, 0.717) is 34.8 Å². The fourth-order valence-corrected chi connectivity index (χ4v) is 5.30. The third-order valence-electron chi connectivity index (χ3n) is 6.86. The largest absolute Gasteiger partial charge is 0.476 e. The Hall–Kier alpha value is -4.63. The SMILES string of the molecule is C#CC(C)Oc1cc(N2C(=O)C3=C(CCCC3)C2=O)c(F)cc1Cl.COC(=O)c1cc(Oc2ccc(Cl)cc2Cl)ccc1[N+](=O)[O-]. The van der Waals surface area contributed by atoms with Crippen LogP contribution >= 0.6 is 34.8 Å². The molecule has 0 spiro atoms. The number of hydrogen-bond acceptors (Lipinski definition) is 8. The minimum Gasteiger partial charge on any atom is -0.476 e. The van der Waals surface area contributed by atoms with Gasteiger partial charge in [0, 0.05) is 34.4 Å². The van der Waals surface area contributed by atoms with E-state index in [0.717, 1.165) is 37.0 Å². The molecule has 1 unspecified atom stereocenters. The summed E-state index contributed by atoms with van der Waals surface area (Å²) in [7, 11) is 1.13. The molecule has 0 radical (unpaired) electrons. The van der Waals surface area contributed by atoms with Gasteiger partial charge in [0.2, 0.25) is 0 Å². The lowest BCUT2D eigenvalue weighted by molar-refractivity contribution is -0.385. The van der Waals surface area contributed by atoms with E-state index in [1.807, 2.05) is 0 Å². The Bertz CT molecular complexity index is 1790. The van der Waals surface area contributed by atoms with Crippen molar-refractivity contribution in [2.75, 3.05) is 12.0 Å². The average molecular weight is 690 g/mol. The molecule has 0 saturated heterocycles. The number of benzene rings is 3. The molecule has 2 amide bonds. The first-order chi connectivity index (χ1) is 21.9. The minimum atomic E-state index is -0.834. The Kier molecular flexibility index (Phi) is 10.9. The van der Waals surface area contributed by atoms with Gasteiger partial charge in [-0.25, -0.2) is 14.1 Å². The van der Waals surface area contributed by atoms with Gasteiger partial charge >= 0.3 is 5.97 Å². The van der Waals surface area contributed by atoms with Crippen LogP contribution in [0, 0.1) is 28.3 Å². The summed E-state index contributed by atoms with van der Waals surface area (Å²) < 4.78 is 29.9. The molecule has 0 bridgehead atoms. The van der Waals surface area contributed by atoms with Crippen molar-refractivity contribution in [3.8, 4) is 29.6 Å². The van der Waals surface area contributed by atoms with Gasteiger partial charge in [-0.15, -0.1) is 6.42 Å². The average Bonchev–Trinajstić information content (AvgIpc) is 3.28. The molecular formula is C32H24Cl3FN2O8. The number of anilines is 1. The molecular weight excluding hydrogens is 666 g/mol. The van der Waals surface area contributed by atoms with Crippen LogP contribution in [0.25, 0.3) is 0 Å². The van der Waals surface area contributed by atoms with Crippen molar-refractivity contribution in [1.82, 2.24) is 0 Å². The molecule has 1 atom stereocenters. The Morgan fingerprint density at radius 1 is 1.00 bits per heavy atom. The third kappa shape index (κ3) is 7.42. The molecule has 0 fully saturated rings. The Morgan fingerprint density at radius 3 is 2.20 bits per heavy atom. The molecule has 238 valence electrons. The van der Waals surface area contributed by atoms with Gasteiger partial charge in [-0.1, -0.05) is 40.7 Å². The van der Waals surface area contributed by atoms with Gasteiger partial charge in [-0.3, -0.25) is 19.7 Å². The lowest BCUT2D eigenvalue weighted by atomic mass is 9.93. The van der Waals surface area contributed by atoms with Crippen molar-refractivity contribution >= 4 is 64.0 Å². The fourth-order valence-electron chi connectivity index (χ4n) is 4.66. The zero-order chi connectivity index (χ0) is 33.7. The normalized spacial score (nSPS) is 14.5. The molecule has 3 aromatic rings. The summed E-state index contributed by atoms with van der Waals surface area (Å²) in [4.78, 5) is 47.9. The summed E-state index contributed by atoms with van der Waals surface area (Å²) in [5.74, 6) is 0.479. The molecule has 1 aliphatic carbocycles. The molecule has 2 aliphatic rings. The molecule has 10 nitrogen and oxygen atoms in total. The number of hydrogen-bond donors (Lipinski definition) is 0. The topological polar surface area (TPSA) is 125 Å². The zero-order valence-corrected chi connectivity index (χ0v) is 26.5. The summed E-state index contributed by atoms with van der Waals surface area (Å²) in [6.07, 6.45) is 7.47. The maximum Gasteiger partial charge on any atom is 0.345 e. The van der Waals surface area contributed by atoms with Crippen molar-refractivity contribution in [2.45, 2.75) is 38.7 Å². The number of imide groups is 1. The maximum absolute atomic E-state index is 14.4. The van der Waals surface area contributed by atoms with Gasteiger partial charge in [0.05, 0.1) is 27.8 Å². The van der Waals surface area contributed by atoms with E-state index >= 15 is 0 Å². The van der Waals surface area contributed by atoms with E-state index in [9.17, 15) is 28.9 Å². The number of ether oxygens (including phenoxy) is 3. The molecule has 0 saturated carbocycles. The molecule has 46 heavy (non-hydrogen) atoms. The smallest absolute Gasteiger partial charge is 0.345 e. The predicted octanol–water partition coefficient (Wildman–Crippen LogP) is 8.10. The number of esters is 1.